The predicted octanol–water partition coefficient (Wildman–Crippen LogP) is 3.09. The number of thiophene rings is 1. The van der Waals surface area contributed by atoms with E-state index in [4.69, 9.17) is 14.2 Å². The highest BCUT2D eigenvalue weighted by molar-refractivity contribution is 7.10. The SMILES string of the molecule is O=C(NC1COC(c2cccs2)OC1)OCc1ccccc1. The number of benzene rings is 1. The van der Waals surface area contributed by atoms with Gasteiger partial charge in [-0.3, -0.25) is 0 Å². The lowest BCUT2D eigenvalue weighted by molar-refractivity contribution is -0.191. The van der Waals surface area contributed by atoms with Crippen molar-refractivity contribution in [3.8, 4) is 0 Å². The van der Waals surface area contributed by atoms with E-state index in [9.17, 15) is 4.79 Å². The van der Waals surface area contributed by atoms with Gasteiger partial charge in [0.1, 0.15) is 6.61 Å². The third-order valence-corrected chi connectivity index (χ3v) is 4.10. The maximum atomic E-state index is 11.8. The minimum atomic E-state index is -0.462. The van der Waals surface area contributed by atoms with Crippen LogP contribution in [0.15, 0.2) is 47.8 Å². The van der Waals surface area contributed by atoms with E-state index in [1.54, 1.807) is 11.3 Å². The Morgan fingerprint density at radius 3 is 2.64 bits per heavy atom. The van der Waals surface area contributed by atoms with Crippen molar-refractivity contribution in [1.82, 2.24) is 5.32 Å². The van der Waals surface area contributed by atoms with Gasteiger partial charge in [0.05, 0.1) is 24.1 Å². The zero-order chi connectivity index (χ0) is 15.2. The molecule has 1 fully saturated rings. The highest BCUT2D eigenvalue weighted by atomic mass is 32.1. The van der Waals surface area contributed by atoms with E-state index < -0.39 is 6.09 Å². The maximum absolute atomic E-state index is 11.8. The van der Waals surface area contributed by atoms with Crippen LogP contribution in [0, 0.1) is 0 Å². The third-order valence-electron chi connectivity index (χ3n) is 3.21. The van der Waals surface area contributed by atoms with Gasteiger partial charge in [0, 0.05) is 0 Å². The largest absolute Gasteiger partial charge is 0.445 e. The lowest BCUT2D eigenvalue weighted by atomic mass is 10.2. The van der Waals surface area contributed by atoms with Gasteiger partial charge in [0.2, 0.25) is 0 Å². The van der Waals surface area contributed by atoms with Crippen LogP contribution >= 0.6 is 11.3 Å². The lowest BCUT2D eigenvalue weighted by Gasteiger charge is -2.29. The summed E-state index contributed by atoms with van der Waals surface area (Å²) in [6, 6.07) is 13.3. The Bertz CT molecular complexity index is 579. The van der Waals surface area contributed by atoms with Crippen LogP contribution in [-0.2, 0) is 20.8 Å². The van der Waals surface area contributed by atoms with Crippen molar-refractivity contribution >= 4 is 17.4 Å². The monoisotopic (exact) mass is 319 g/mol. The molecule has 6 heteroatoms. The van der Waals surface area contributed by atoms with Crippen LogP contribution in [-0.4, -0.2) is 25.3 Å². The van der Waals surface area contributed by atoms with E-state index in [0.717, 1.165) is 10.4 Å². The minimum Gasteiger partial charge on any atom is -0.445 e. The Balaban J connectivity index is 1.40. The first-order chi connectivity index (χ1) is 10.8. The van der Waals surface area contributed by atoms with Crippen molar-refractivity contribution in [3.63, 3.8) is 0 Å². The molecule has 0 radical (unpaired) electrons. The highest BCUT2D eigenvalue weighted by Crippen LogP contribution is 2.26. The summed E-state index contributed by atoms with van der Waals surface area (Å²) in [6.07, 6.45) is -0.797. The van der Waals surface area contributed by atoms with Gasteiger partial charge < -0.3 is 19.5 Å². The predicted molar refractivity (Wildman–Crippen MR) is 82.5 cm³/mol. The molecule has 22 heavy (non-hydrogen) atoms. The second kappa shape index (κ2) is 7.40. The van der Waals surface area contributed by atoms with Gasteiger partial charge in [-0.1, -0.05) is 36.4 Å². The van der Waals surface area contributed by atoms with E-state index >= 15 is 0 Å². The van der Waals surface area contributed by atoms with Crippen LogP contribution in [0.2, 0.25) is 0 Å². The molecule has 2 aromatic rings. The molecule has 0 saturated carbocycles. The smallest absolute Gasteiger partial charge is 0.407 e. The molecule has 1 saturated heterocycles. The number of alkyl carbamates (subject to hydrolysis) is 1. The molecule has 0 spiro atoms. The minimum absolute atomic E-state index is 0.195. The molecule has 1 amide bonds. The summed E-state index contributed by atoms with van der Waals surface area (Å²) in [5.74, 6) is 0. The first kappa shape index (κ1) is 15.0. The van der Waals surface area contributed by atoms with Gasteiger partial charge in [-0.15, -0.1) is 11.3 Å². The highest BCUT2D eigenvalue weighted by Gasteiger charge is 2.25. The van der Waals surface area contributed by atoms with Crippen molar-refractivity contribution in [2.45, 2.75) is 18.9 Å². The number of carbonyl (C=O) groups is 1. The molecular formula is C16H17NO4S. The fourth-order valence-electron chi connectivity index (χ4n) is 2.11. The Morgan fingerprint density at radius 2 is 1.95 bits per heavy atom. The zero-order valence-corrected chi connectivity index (χ0v) is 12.8. The molecule has 0 bridgehead atoms. The molecule has 1 aromatic heterocycles. The fourth-order valence-corrected chi connectivity index (χ4v) is 2.83. The van der Waals surface area contributed by atoms with E-state index in [2.05, 4.69) is 5.32 Å². The fraction of sp³-hybridized carbons (Fsp3) is 0.312. The molecule has 1 aromatic carbocycles. The summed E-state index contributed by atoms with van der Waals surface area (Å²) in [7, 11) is 0. The number of ether oxygens (including phenoxy) is 3. The van der Waals surface area contributed by atoms with Gasteiger partial charge in [-0.25, -0.2) is 4.79 Å². The second-order valence-corrected chi connectivity index (χ2v) is 5.90. The van der Waals surface area contributed by atoms with Gasteiger partial charge in [-0.05, 0) is 17.0 Å². The number of rotatable bonds is 4. The van der Waals surface area contributed by atoms with Crippen molar-refractivity contribution in [1.29, 1.82) is 0 Å². The summed E-state index contributed by atoms with van der Waals surface area (Å²) in [5.41, 5.74) is 0.951. The van der Waals surface area contributed by atoms with Gasteiger partial charge >= 0.3 is 6.09 Å². The molecule has 5 nitrogen and oxygen atoms in total. The molecule has 0 atom stereocenters. The molecule has 2 heterocycles. The quantitative estimate of drug-likeness (QED) is 0.941. The molecular weight excluding hydrogens is 302 g/mol. The summed E-state index contributed by atoms with van der Waals surface area (Å²) in [4.78, 5) is 12.8. The molecule has 0 unspecified atom stereocenters. The van der Waals surface area contributed by atoms with Crippen LogP contribution in [0.1, 0.15) is 16.7 Å². The maximum Gasteiger partial charge on any atom is 0.407 e. The van der Waals surface area contributed by atoms with E-state index in [1.807, 2.05) is 47.8 Å². The molecule has 1 N–H and O–H groups in total. The van der Waals surface area contributed by atoms with Crippen molar-refractivity contribution < 1.29 is 19.0 Å². The van der Waals surface area contributed by atoms with E-state index in [-0.39, 0.29) is 18.9 Å². The first-order valence-electron chi connectivity index (χ1n) is 7.05. The lowest BCUT2D eigenvalue weighted by Crippen LogP contribution is -2.45. The molecule has 116 valence electrons. The normalized spacial score (nSPS) is 21.3. The summed E-state index contributed by atoms with van der Waals surface area (Å²) in [5, 5.41) is 4.73. The molecule has 1 aliphatic rings. The second-order valence-electron chi connectivity index (χ2n) is 4.92. The number of carbonyl (C=O) groups excluding carboxylic acids is 1. The number of amides is 1. The topological polar surface area (TPSA) is 56.8 Å². The first-order valence-corrected chi connectivity index (χ1v) is 7.93. The van der Waals surface area contributed by atoms with Gasteiger partial charge in [-0.2, -0.15) is 0 Å². The average molecular weight is 319 g/mol. The van der Waals surface area contributed by atoms with Crippen molar-refractivity contribution in [2.75, 3.05) is 13.2 Å². The number of hydrogen-bond donors (Lipinski definition) is 1. The van der Waals surface area contributed by atoms with Crippen LogP contribution < -0.4 is 5.32 Å². The van der Waals surface area contributed by atoms with Crippen molar-refractivity contribution in [2.24, 2.45) is 0 Å². The summed E-state index contributed by atoms with van der Waals surface area (Å²) < 4.78 is 16.4. The zero-order valence-electron chi connectivity index (χ0n) is 11.9. The molecule has 0 aliphatic carbocycles. The Hall–Kier alpha value is -1.89. The van der Waals surface area contributed by atoms with Crippen LogP contribution in [0.5, 0.6) is 0 Å². The number of hydrogen-bond acceptors (Lipinski definition) is 5. The third kappa shape index (κ3) is 4.07. The molecule has 3 rings (SSSR count). The molecule has 1 aliphatic heterocycles. The van der Waals surface area contributed by atoms with Gasteiger partial charge in [0.25, 0.3) is 0 Å². The summed E-state index contributed by atoms with van der Waals surface area (Å²) >= 11 is 1.59. The Labute approximate surface area is 132 Å². The van der Waals surface area contributed by atoms with E-state index in [1.165, 1.54) is 0 Å². The Morgan fingerprint density at radius 1 is 1.18 bits per heavy atom. The standard InChI is InChI=1S/C16H17NO4S/c18-16(21-9-12-5-2-1-3-6-12)17-13-10-19-15(20-11-13)14-7-4-8-22-14/h1-8,13,15H,9-11H2,(H,17,18). The van der Waals surface area contributed by atoms with Crippen LogP contribution in [0.3, 0.4) is 0 Å². The van der Waals surface area contributed by atoms with Crippen LogP contribution in [0.4, 0.5) is 4.79 Å². The van der Waals surface area contributed by atoms with E-state index in [0.29, 0.717) is 13.2 Å². The van der Waals surface area contributed by atoms with Gasteiger partial charge in [0.15, 0.2) is 6.29 Å². The Kier molecular flexibility index (Phi) is 5.05. The average Bonchev–Trinajstić information content (AvgIpc) is 3.09. The van der Waals surface area contributed by atoms with Crippen molar-refractivity contribution in [3.05, 3.63) is 58.3 Å². The van der Waals surface area contributed by atoms with Crippen LogP contribution in [0.25, 0.3) is 0 Å². The summed E-state index contributed by atoms with van der Waals surface area (Å²) in [6.45, 7) is 1.06. The number of nitrogens with one attached hydrogen (secondary N) is 1.